The first kappa shape index (κ1) is 16.5. The van der Waals surface area contributed by atoms with Crippen LogP contribution in [0, 0.1) is 0 Å². The molecule has 0 bridgehead atoms. The van der Waals surface area contributed by atoms with Crippen molar-refractivity contribution < 1.29 is 5.11 Å². The van der Waals surface area contributed by atoms with Gasteiger partial charge < -0.3 is 5.11 Å². The molecule has 0 amide bonds. The fourth-order valence-corrected chi connectivity index (χ4v) is 0. The first-order valence-electron chi connectivity index (χ1n) is 1.02. The van der Waals surface area contributed by atoms with Crippen molar-refractivity contribution in [2.75, 3.05) is 6.61 Å². The molecule has 0 spiro atoms. The maximum atomic E-state index is 7.57. The number of halogens is 1. The summed E-state index contributed by atoms with van der Waals surface area (Å²) in [6.07, 6.45) is 0. The molecule has 0 aliphatic heterocycles. The molecule has 0 rings (SSSR count). The Labute approximate surface area is 57.0 Å². The first-order chi connectivity index (χ1) is 1.41. The molecule has 1 N–H and O–H groups in total. The summed E-state index contributed by atoms with van der Waals surface area (Å²) in [5.41, 5.74) is 0. The zero-order valence-corrected chi connectivity index (χ0v) is 3.38. The van der Waals surface area contributed by atoms with Crippen LogP contribution in [0.4, 0.5) is 0 Å². The van der Waals surface area contributed by atoms with E-state index in [1.54, 1.807) is 6.92 Å². The van der Waals surface area contributed by atoms with Crippen molar-refractivity contribution in [3.8, 4) is 0 Å². The third-order valence-electron chi connectivity index (χ3n) is 0. The van der Waals surface area contributed by atoms with Crippen molar-refractivity contribution in [3.05, 3.63) is 0 Å². The molecular formula is C2H10ClInO. The molecule has 0 heterocycles. The van der Waals surface area contributed by atoms with Gasteiger partial charge in [-0.25, -0.2) is 0 Å². The Morgan fingerprint density at radius 2 is 1.60 bits per heavy atom. The molecular weight excluding hydrogens is 190 g/mol. The topological polar surface area (TPSA) is 20.2 Å². The number of hydrogen-bond donors (Lipinski definition) is 1. The minimum atomic E-state index is 0. The van der Waals surface area contributed by atoms with Crippen LogP contribution in [0.1, 0.15) is 6.92 Å². The minimum absolute atomic E-state index is 0. The van der Waals surface area contributed by atoms with E-state index in [-0.39, 0.29) is 44.9 Å². The van der Waals surface area contributed by atoms with Crippen molar-refractivity contribution in [3.63, 3.8) is 0 Å². The van der Waals surface area contributed by atoms with Crippen LogP contribution < -0.4 is 0 Å². The van der Waals surface area contributed by atoms with Gasteiger partial charge in [0.1, 0.15) is 0 Å². The molecule has 0 saturated heterocycles. The fourth-order valence-electron chi connectivity index (χ4n) is 0. The fraction of sp³-hybridized carbons (Fsp3) is 1.00. The molecule has 0 unspecified atom stereocenters. The van der Waals surface area contributed by atoms with Crippen LogP contribution in [-0.4, -0.2) is 37.6 Å². The van der Waals surface area contributed by atoms with Gasteiger partial charge in [-0.3, -0.25) is 0 Å². The van der Waals surface area contributed by atoms with Crippen LogP contribution in [-0.2, 0) is 0 Å². The molecule has 0 aromatic carbocycles. The Bertz CT molecular complexity index is 9.61. The SMILES string of the molecule is CCO.Cl.[InH3]. The van der Waals surface area contributed by atoms with Crippen LogP contribution in [0.15, 0.2) is 0 Å². The van der Waals surface area contributed by atoms with Crippen LogP contribution in [0.5, 0.6) is 0 Å². The van der Waals surface area contributed by atoms with Crippen molar-refractivity contribution in [2.45, 2.75) is 6.92 Å². The molecule has 3 heteroatoms. The van der Waals surface area contributed by atoms with Gasteiger partial charge in [0.2, 0.25) is 0 Å². The van der Waals surface area contributed by atoms with Crippen molar-refractivity contribution >= 4 is 38.3 Å². The molecule has 0 aliphatic carbocycles. The summed E-state index contributed by atoms with van der Waals surface area (Å²) in [5, 5.41) is 7.57. The van der Waals surface area contributed by atoms with Crippen LogP contribution in [0.3, 0.4) is 0 Å². The third kappa shape index (κ3) is 39.7. The summed E-state index contributed by atoms with van der Waals surface area (Å²) in [7, 11) is 0. The van der Waals surface area contributed by atoms with Gasteiger partial charge in [-0.05, 0) is 6.92 Å². The van der Waals surface area contributed by atoms with E-state index in [4.69, 9.17) is 5.11 Å². The number of hydrogen-bond acceptors (Lipinski definition) is 1. The second kappa shape index (κ2) is 19.3. The van der Waals surface area contributed by atoms with Crippen molar-refractivity contribution in [1.29, 1.82) is 0 Å². The van der Waals surface area contributed by atoms with E-state index in [0.29, 0.717) is 0 Å². The molecule has 0 aromatic rings. The molecule has 0 saturated carbocycles. The van der Waals surface area contributed by atoms with Gasteiger partial charge >= 0.3 is 25.8 Å². The quantitative estimate of drug-likeness (QED) is 0.545. The predicted octanol–water partition coefficient (Wildman–Crippen LogP) is -0.764. The van der Waals surface area contributed by atoms with E-state index >= 15 is 0 Å². The Morgan fingerprint density at radius 1 is 1.60 bits per heavy atom. The van der Waals surface area contributed by atoms with Gasteiger partial charge in [0.15, 0.2) is 0 Å². The number of rotatable bonds is 0. The average Bonchev–Trinajstić information content (AvgIpc) is 0.918. The van der Waals surface area contributed by atoms with Gasteiger partial charge in [-0.15, -0.1) is 12.4 Å². The maximum absolute atomic E-state index is 7.57. The summed E-state index contributed by atoms with van der Waals surface area (Å²) in [6, 6.07) is 0. The summed E-state index contributed by atoms with van der Waals surface area (Å²) in [6.45, 7) is 1.93. The summed E-state index contributed by atoms with van der Waals surface area (Å²) < 4.78 is 0. The Balaban J connectivity index is -0.0000000200. The normalized spacial score (nSPS) is 3.60. The van der Waals surface area contributed by atoms with E-state index in [1.165, 1.54) is 0 Å². The number of aliphatic hydroxyl groups excluding tert-OH is 1. The van der Waals surface area contributed by atoms with Gasteiger partial charge in [-0.1, -0.05) is 0 Å². The zero-order valence-electron chi connectivity index (χ0n) is 2.56. The molecule has 0 aromatic heterocycles. The first-order valence-corrected chi connectivity index (χ1v) is 1.02. The van der Waals surface area contributed by atoms with Gasteiger partial charge in [-0.2, -0.15) is 0 Å². The molecule has 0 atom stereocenters. The van der Waals surface area contributed by atoms with E-state index in [2.05, 4.69) is 0 Å². The van der Waals surface area contributed by atoms with Gasteiger partial charge in [0.25, 0.3) is 0 Å². The second-order valence-corrected chi connectivity index (χ2v) is 0.316. The standard InChI is InChI=1S/C2H6O.ClH.In.3H/c1-2-3;;;;;/h3H,2H2,1H3;1H;;;;. The zero-order chi connectivity index (χ0) is 2.71. The molecule has 34 valence electrons. The summed E-state index contributed by atoms with van der Waals surface area (Å²) in [5.74, 6) is 0. The van der Waals surface area contributed by atoms with Crippen LogP contribution >= 0.6 is 12.4 Å². The molecule has 0 aliphatic rings. The molecule has 0 radical (unpaired) electrons. The second-order valence-electron chi connectivity index (χ2n) is 0.316. The predicted molar refractivity (Wildman–Crippen MR) is 29.9 cm³/mol. The van der Waals surface area contributed by atoms with Crippen molar-refractivity contribution in [2.24, 2.45) is 0 Å². The number of aliphatic hydroxyl groups is 1. The monoisotopic (exact) mass is 200 g/mol. The van der Waals surface area contributed by atoms with E-state index in [0.717, 1.165) is 0 Å². The average molecular weight is 200 g/mol. The van der Waals surface area contributed by atoms with Crippen LogP contribution in [0.25, 0.3) is 0 Å². The Kier molecular flexibility index (Phi) is 63.7. The van der Waals surface area contributed by atoms with E-state index in [9.17, 15) is 0 Å². The molecule has 5 heavy (non-hydrogen) atoms. The molecule has 0 fully saturated rings. The Morgan fingerprint density at radius 3 is 1.60 bits per heavy atom. The van der Waals surface area contributed by atoms with Crippen molar-refractivity contribution in [1.82, 2.24) is 0 Å². The van der Waals surface area contributed by atoms with E-state index < -0.39 is 0 Å². The van der Waals surface area contributed by atoms with Gasteiger partial charge in [0, 0.05) is 6.61 Å². The van der Waals surface area contributed by atoms with E-state index in [1.807, 2.05) is 0 Å². The Hall–Kier alpha value is 1.12. The molecule has 1 nitrogen and oxygen atoms in total. The summed E-state index contributed by atoms with van der Waals surface area (Å²) in [4.78, 5) is 0. The summed E-state index contributed by atoms with van der Waals surface area (Å²) >= 11 is 0. The third-order valence-corrected chi connectivity index (χ3v) is 0. The van der Waals surface area contributed by atoms with Crippen LogP contribution in [0.2, 0.25) is 0 Å². The van der Waals surface area contributed by atoms with Gasteiger partial charge in [0.05, 0.1) is 0 Å².